The van der Waals surface area contributed by atoms with E-state index in [1.54, 1.807) is 5.48 Å². The van der Waals surface area contributed by atoms with Crippen molar-refractivity contribution in [1.29, 1.82) is 0 Å². The Bertz CT molecular complexity index is 429. The number of hydrogen-bond acceptors (Lipinski definition) is 3. The van der Waals surface area contributed by atoms with E-state index in [4.69, 9.17) is 5.21 Å². The summed E-state index contributed by atoms with van der Waals surface area (Å²) < 4.78 is 0. The molecule has 1 rings (SSSR count). The molecule has 0 saturated heterocycles. The van der Waals surface area contributed by atoms with E-state index in [-0.39, 0.29) is 11.8 Å². The molecule has 5 nitrogen and oxygen atoms in total. The monoisotopic (exact) mass is 278 g/mol. The van der Waals surface area contributed by atoms with Crippen molar-refractivity contribution in [3.05, 3.63) is 29.8 Å². The van der Waals surface area contributed by atoms with E-state index >= 15 is 0 Å². The molecule has 0 aromatic heterocycles. The third kappa shape index (κ3) is 6.89. The van der Waals surface area contributed by atoms with Crippen molar-refractivity contribution in [2.45, 2.75) is 45.4 Å². The average Bonchev–Trinajstić information content (AvgIpc) is 2.44. The van der Waals surface area contributed by atoms with Gasteiger partial charge in [-0.1, -0.05) is 30.5 Å². The van der Waals surface area contributed by atoms with Crippen LogP contribution in [0, 0.1) is 6.92 Å². The number of carbonyl (C=O) groups is 2. The van der Waals surface area contributed by atoms with E-state index in [1.165, 1.54) is 0 Å². The quantitative estimate of drug-likeness (QED) is 0.388. The van der Waals surface area contributed by atoms with Crippen molar-refractivity contribution in [2.75, 3.05) is 5.32 Å². The summed E-state index contributed by atoms with van der Waals surface area (Å²) in [5.41, 5.74) is 3.58. The second kappa shape index (κ2) is 9.09. The maximum atomic E-state index is 11.7. The van der Waals surface area contributed by atoms with Gasteiger partial charge in [-0.05, 0) is 31.9 Å². The number of carbonyl (C=O) groups excluding carboxylic acids is 2. The lowest BCUT2D eigenvalue weighted by Gasteiger charge is -2.05. The highest BCUT2D eigenvalue weighted by Gasteiger charge is 2.03. The summed E-state index contributed by atoms with van der Waals surface area (Å²) in [5, 5.41) is 11.2. The molecular formula is C15H22N2O3. The number of unbranched alkanes of at least 4 members (excludes halogenated alkanes) is 3. The summed E-state index contributed by atoms with van der Waals surface area (Å²) in [6.45, 7) is 2.00. The van der Waals surface area contributed by atoms with Gasteiger partial charge in [-0.25, -0.2) is 5.48 Å². The van der Waals surface area contributed by atoms with Gasteiger partial charge >= 0.3 is 0 Å². The first kappa shape index (κ1) is 16.2. The largest absolute Gasteiger partial charge is 0.326 e. The number of amides is 2. The summed E-state index contributed by atoms with van der Waals surface area (Å²) in [7, 11) is 0. The fraction of sp³-hybridized carbons (Fsp3) is 0.467. The Morgan fingerprint density at radius 3 is 2.05 bits per heavy atom. The summed E-state index contributed by atoms with van der Waals surface area (Å²) >= 11 is 0. The van der Waals surface area contributed by atoms with Gasteiger partial charge in [0.2, 0.25) is 11.8 Å². The van der Waals surface area contributed by atoms with Crippen LogP contribution in [0.25, 0.3) is 0 Å². The highest BCUT2D eigenvalue weighted by Crippen LogP contribution is 2.10. The van der Waals surface area contributed by atoms with Crippen molar-refractivity contribution in [3.8, 4) is 0 Å². The Morgan fingerprint density at radius 2 is 1.50 bits per heavy atom. The maximum absolute atomic E-state index is 11.7. The second-order valence-electron chi connectivity index (χ2n) is 4.86. The molecule has 0 aliphatic heterocycles. The topological polar surface area (TPSA) is 78.4 Å². The maximum Gasteiger partial charge on any atom is 0.243 e. The van der Waals surface area contributed by atoms with Crippen LogP contribution in [-0.4, -0.2) is 17.0 Å². The zero-order valence-corrected chi connectivity index (χ0v) is 11.8. The summed E-state index contributed by atoms with van der Waals surface area (Å²) in [6.07, 6.45) is 4.13. The van der Waals surface area contributed by atoms with E-state index in [1.807, 2.05) is 31.2 Å². The molecule has 0 unspecified atom stereocenters. The normalized spacial score (nSPS) is 10.1. The molecule has 0 heterocycles. The molecule has 5 heteroatoms. The predicted molar refractivity (Wildman–Crippen MR) is 77.4 cm³/mol. The molecule has 0 aliphatic carbocycles. The van der Waals surface area contributed by atoms with Crippen LogP contribution in [0.4, 0.5) is 5.69 Å². The molecule has 0 atom stereocenters. The van der Waals surface area contributed by atoms with Crippen molar-refractivity contribution >= 4 is 17.5 Å². The van der Waals surface area contributed by atoms with Gasteiger partial charge in [0.15, 0.2) is 0 Å². The fourth-order valence-electron chi connectivity index (χ4n) is 1.84. The number of benzene rings is 1. The first-order valence-corrected chi connectivity index (χ1v) is 6.91. The Kier molecular flexibility index (Phi) is 7.35. The summed E-state index contributed by atoms with van der Waals surface area (Å²) in [6, 6.07) is 7.70. The number of aryl methyl sites for hydroxylation is 1. The number of anilines is 1. The van der Waals surface area contributed by atoms with Gasteiger partial charge in [0, 0.05) is 18.5 Å². The number of nitrogens with one attached hydrogen (secondary N) is 2. The van der Waals surface area contributed by atoms with E-state index in [0.29, 0.717) is 12.8 Å². The zero-order valence-electron chi connectivity index (χ0n) is 11.8. The van der Waals surface area contributed by atoms with Crippen LogP contribution in [0.15, 0.2) is 24.3 Å². The highest BCUT2D eigenvalue weighted by molar-refractivity contribution is 5.90. The lowest BCUT2D eigenvalue weighted by Crippen LogP contribution is -2.17. The van der Waals surface area contributed by atoms with Gasteiger partial charge in [0.05, 0.1) is 0 Å². The molecular weight excluding hydrogens is 256 g/mol. The summed E-state index contributed by atoms with van der Waals surface area (Å²) in [5.74, 6) is -0.343. The van der Waals surface area contributed by atoms with Crippen LogP contribution in [0.2, 0.25) is 0 Å². The third-order valence-electron chi connectivity index (χ3n) is 3.02. The SMILES string of the molecule is Cc1ccc(NC(=O)CCCCCCC(=O)NO)cc1. The lowest BCUT2D eigenvalue weighted by molar-refractivity contribution is -0.129. The Morgan fingerprint density at radius 1 is 0.950 bits per heavy atom. The number of hydrogen-bond donors (Lipinski definition) is 3. The zero-order chi connectivity index (χ0) is 14.8. The minimum Gasteiger partial charge on any atom is -0.326 e. The predicted octanol–water partition coefficient (Wildman–Crippen LogP) is 2.78. The molecule has 0 aliphatic rings. The fourth-order valence-corrected chi connectivity index (χ4v) is 1.84. The van der Waals surface area contributed by atoms with Crippen LogP contribution in [-0.2, 0) is 9.59 Å². The molecule has 0 radical (unpaired) electrons. The number of hydroxylamine groups is 1. The molecule has 3 N–H and O–H groups in total. The molecule has 1 aromatic rings. The van der Waals surface area contributed by atoms with Crippen LogP contribution in [0.5, 0.6) is 0 Å². The molecule has 0 fully saturated rings. The molecule has 110 valence electrons. The van der Waals surface area contributed by atoms with Crippen molar-refractivity contribution in [1.82, 2.24) is 5.48 Å². The van der Waals surface area contributed by atoms with Gasteiger partial charge in [-0.15, -0.1) is 0 Å². The smallest absolute Gasteiger partial charge is 0.243 e. The van der Waals surface area contributed by atoms with E-state index in [2.05, 4.69) is 5.32 Å². The van der Waals surface area contributed by atoms with Crippen LogP contribution in [0.3, 0.4) is 0 Å². The Labute approximate surface area is 119 Å². The summed E-state index contributed by atoms with van der Waals surface area (Å²) in [4.78, 5) is 22.4. The van der Waals surface area contributed by atoms with Crippen LogP contribution >= 0.6 is 0 Å². The Balaban J connectivity index is 2.08. The van der Waals surface area contributed by atoms with Crippen molar-refractivity contribution < 1.29 is 14.8 Å². The van der Waals surface area contributed by atoms with Crippen LogP contribution in [0.1, 0.15) is 44.1 Å². The van der Waals surface area contributed by atoms with Crippen molar-refractivity contribution in [3.63, 3.8) is 0 Å². The molecule has 0 saturated carbocycles. The first-order chi connectivity index (χ1) is 9.61. The standard InChI is InChI=1S/C15H22N2O3/c1-12-8-10-13(11-9-12)16-14(18)6-4-2-3-5-7-15(19)17-20/h8-11,20H,2-7H2,1H3,(H,16,18)(H,17,19). The minimum atomic E-state index is -0.359. The van der Waals surface area contributed by atoms with Gasteiger partial charge in [-0.2, -0.15) is 0 Å². The molecule has 2 amide bonds. The van der Waals surface area contributed by atoms with E-state index < -0.39 is 0 Å². The third-order valence-corrected chi connectivity index (χ3v) is 3.02. The molecule has 1 aromatic carbocycles. The minimum absolute atomic E-state index is 0.0157. The second-order valence-corrected chi connectivity index (χ2v) is 4.86. The molecule has 20 heavy (non-hydrogen) atoms. The first-order valence-electron chi connectivity index (χ1n) is 6.91. The molecule has 0 bridgehead atoms. The van der Waals surface area contributed by atoms with Crippen molar-refractivity contribution in [2.24, 2.45) is 0 Å². The van der Waals surface area contributed by atoms with Gasteiger partial charge in [0.25, 0.3) is 0 Å². The van der Waals surface area contributed by atoms with Gasteiger partial charge in [-0.3, -0.25) is 14.8 Å². The number of rotatable bonds is 8. The highest BCUT2D eigenvalue weighted by atomic mass is 16.5. The lowest BCUT2D eigenvalue weighted by atomic mass is 10.1. The van der Waals surface area contributed by atoms with E-state index in [9.17, 15) is 9.59 Å². The molecule has 0 spiro atoms. The Hall–Kier alpha value is -1.88. The van der Waals surface area contributed by atoms with Crippen LogP contribution < -0.4 is 10.8 Å². The van der Waals surface area contributed by atoms with E-state index in [0.717, 1.165) is 36.9 Å². The van der Waals surface area contributed by atoms with Gasteiger partial charge in [0.1, 0.15) is 0 Å². The average molecular weight is 278 g/mol. The van der Waals surface area contributed by atoms with Gasteiger partial charge < -0.3 is 5.32 Å².